The highest BCUT2D eigenvalue weighted by atomic mass is 16.3. The number of aromatic nitrogens is 1. The van der Waals surface area contributed by atoms with Crippen LogP contribution in [0.5, 0.6) is 0 Å². The molecule has 0 N–H and O–H groups in total. The van der Waals surface area contributed by atoms with Crippen LogP contribution >= 0.6 is 0 Å². The number of nitrogens with zero attached hydrogens (tertiary/aromatic N) is 3. The van der Waals surface area contributed by atoms with Gasteiger partial charge in [0.1, 0.15) is 11.2 Å². The zero-order valence-corrected chi connectivity index (χ0v) is 48.4. The molecule has 0 amide bonds. The van der Waals surface area contributed by atoms with Crippen LogP contribution in [0.15, 0.2) is 271 Å². The second-order valence-electron chi connectivity index (χ2n) is 24.2. The van der Waals surface area contributed by atoms with Crippen LogP contribution in [0.2, 0.25) is 0 Å². The van der Waals surface area contributed by atoms with Gasteiger partial charge in [0.25, 0.3) is 6.71 Å². The number of benzene rings is 12. The van der Waals surface area contributed by atoms with Crippen molar-refractivity contribution in [3.63, 3.8) is 0 Å². The minimum atomic E-state index is -0.254. The fourth-order valence-corrected chi connectivity index (χ4v) is 14.1. The van der Waals surface area contributed by atoms with Gasteiger partial charge in [-0.2, -0.15) is 0 Å². The highest BCUT2D eigenvalue weighted by Crippen LogP contribution is 2.53. The van der Waals surface area contributed by atoms with E-state index < -0.39 is 0 Å². The first-order chi connectivity index (χ1) is 41.8. The van der Waals surface area contributed by atoms with E-state index in [-0.39, 0.29) is 12.1 Å². The zero-order chi connectivity index (χ0) is 56.9. The van der Waals surface area contributed by atoms with Crippen molar-refractivity contribution in [2.75, 3.05) is 9.80 Å². The maximum absolute atomic E-state index is 7.11. The Kier molecular flexibility index (Phi) is 12.0. The molecule has 2 aromatic heterocycles. The summed E-state index contributed by atoms with van der Waals surface area (Å²) in [6, 6.07) is 99.7. The third-order valence-electron chi connectivity index (χ3n) is 18.1. The van der Waals surface area contributed by atoms with Crippen molar-refractivity contribution in [1.82, 2.24) is 4.57 Å². The minimum absolute atomic E-state index is 0.162. The van der Waals surface area contributed by atoms with Crippen LogP contribution in [0.1, 0.15) is 51.7 Å². The van der Waals surface area contributed by atoms with Gasteiger partial charge in [0.2, 0.25) is 0 Å². The van der Waals surface area contributed by atoms with Gasteiger partial charge in [-0.05, 0) is 146 Å². The molecule has 0 unspecified atom stereocenters. The van der Waals surface area contributed by atoms with Crippen molar-refractivity contribution in [2.45, 2.75) is 52.4 Å². The van der Waals surface area contributed by atoms with Crippen molar-refractivity contribution >= 4 is 101 Å². The van der Waals surface area contributed by atoms with Gasteiger partial charge in [-0.25, -0.2) is 0 Å². The average molecular weight is 1090 g/mol. The number of unbranched alkanes of at least 4 members (excludes halogenated alkanes) is 1. The first-order valence-corrected chi connectivity index (χ1v) is 30.2. The smallest absolute Gasteiger partial charge is 0.252 e. The molecule has 14 aromatic rings. The van der Waals surface area contributed by atoms with E-state index in [1.54, 1.807) is 0 Å². The molecule has 0 aliphatic carbocycles. The highest BCUT2D eigenvalue weighted by molar-refractivity contribution is 7.00. The molecule has 0 fully saturated rings. The Morgan fingerprint density at radius 1 is 0.400 bits per heavy atom. The molecule has 4 nitrogen and oxygen atoms in total. The number of hydrogen-bond donors (Lipinski definition) is 0. The lowest BCUT2D eigenvalue weighted by molar-refractivity contribution is 0.590. The van der Waals surface area contributed by atoms with Gasteiger partial charge in [0, 0.05) is 66.7 Å². The summed E-state index contributed by atoms with van der Waals surface area (Å²) >= 11 is 0. The second-order valence-corrected chi connectivity index (χ2v) is 24.2. The van der Waals surface area contributed by atoms with Crippen molar-refractivity contribution in [2.24, 2.45) is 0 Å². The van der Waals surface area contributed by atoms with E-state index in [1.807, 2.05) is 0 Å². The summed E-state index contributed by atoms with van der Waals surface area (Å²) in [6.45, 7) is 9.27. The van der Waals surface area contributed by atoms with Crippen LogP contribution in [0.3, 0.4) is 0 Å². The first-order valence-electron chi connectivity index (χ1n) is 30.2. The zero-order valence-electron chi connectivity index (χ0n) is 48.4. The summed E-state index contributed by atoms with van der Waals surface area (Å²) < 4.78 is 9.59. The normalized spacial score (nSPS) is 12.8. The molecule has 0 saturated heterocycles. The Balaban J connectivity index is 1.07. The number of hydrogen-bond acceptors (Lipinski definition) is 3. The van der Waals surface area contributed by atoms with E-state index >= 15 is 0 Å². The molecular weight excluding hydrogens is 1030 g/mol. The lowest BCUT2D eigenvalue weighted by Gasteiger charge is -2.46. The molecule has 406 valence electrons. The Hall–Kier alpha value is -10.1. The SMILES string of the molecule is CCCCc1c(N2c3cc(-n4c5ccccc5c5ccccc54)ccc3B3c4cc(-c5ccccc5)ccc4N(c4c(-c5ccccc5)cc(-c5ccccc5)cc4-c4ccccc4)c4cc(C(C)(C)C)cc2c43)ccc2c1oc1ccccc12. The second kappa shape index (κ2) is 20.1. The lowest BCUT2D eigenvalue weighted by atomic mass is 9.33. The minimum Gasteiger partial charge on any atom is -0.456 e. The summed E-state index contributed by atoms with van der Waals surface area (Å²) in [4.78, 5) is 5.33. The van der Waals surface area contributed by atoms with Crippen LogP contribution < -0.4 is 26.2 Å². The summed E-state index contributed by atoms with van der Waals surface area (Å²) in [5.41, 5.74) is 27.7. The van der Waals surface area contributed by atoms with E-state index in [4.69, 9.17) is 4.42 Å². The average Bonchev–Trinajstić information content (AvgIpc) is 1.26. The number of aryl methyl sites for hydroxylation is 1. The summed E-state index contributed by atoms with van der Waals surface area (Å²) in [7, 11) is 0. The molecule has 0 bridgehead atoms. The Bertz CT molecular complexity index is 4810. The molecule has 2 aliphatic heterocycles. The molecule has 16 rings (SSSR count). The van der Waals surface area contributed by atoms with E-state index in [1.165, 1.54) is 82.9 Å². The summed E-state index contributed by atoms with van der Waals surface area (Å²) in [6.07, 6.45) is 2.92. The summed E-state index contributed by atoms with van der Waals surface area (Å²) in [5, 5.41) is 4.78. The number of para-hydroxylation sites is 3. The molecule has 12 aromatic carbocycles. The highest BCUT2D eigenvalue weighted by Gasteiger charge is 2.46. The van der Waals surface area contributed by atoms with E-state index in [9.17, 15) is 0 Å². The van der Waals surface area contributed by atoms with Crippen LogP contribution in [0.25, 0.3) is 93.9 Å². The quantitative estimate of drug-likeness (QED) is 0.128. The summed E-state index contributed by atoms with van der Waals surface area (Å²) in [5.74, 6) is 0. The van der Waals surface area contributed by atoms with Crippen LogP contribution in [0.4, 0.5) is 34.1 Å². The molecule has 4 heterocycles. The maximum Gasteiger partial charge on any atom is 0.252 e. The molecule has 5 heteroatoms. The van der Waals surface area contributed by atoms with Crippen molar-refractivity contribution in [3.05, 3.63) is 278 Å². The Labute approximate surface area is 497 Å². The molecule has 0 spiro atoms. The van der Waals surface area contributed by atoms with Crippen molar-refractivity contribution in [3.8, 4) is 50.2 Å². The van der Waals surface area contributed by atoms with Gasteiger partial charge in [-0.3, -0.25) is 0 Å². The lowest BCUT2D eigenvalue weighted by Crippen LogP contribution is -2.61. The predicted molar refractivity (Wildman–Crippen MR) is 361 cm³/mol. The third-order valence-corrected chi connectivity index (χ3v) is 18.1. The van der Waals surface area contributed by atoms with Crippen molar-refractivity contribution in [1.29, 1.82) is 0 Å². The standard InChI is InChI=1S/C80H62BN3O/c1-5-6-33-64-71(45-42-63-62-36-21-24-39-76(62)85-79(63)64)83-73-51-59(82-69-37-22-19-34-60(69)61-35-20-23-38-70(61)82)41-43-67(73)81-68-48-56(52-25-11-7-12-26-52)40-44-72(68)84(75-50-58(80(2,3)4)49-74(83)77(75)81)78-65(54-29-15-9-16-30-54)46-57(53-27-13-8-14-28-53)47-66(78)55-31-17-10-18-32-55/h7-32,34-51H,5-6,33H2,1-4H3. The topological polar surface area (TPSA) is 24.6 Å². The van der Waals surface area contributed by atoms with E-state index in [2.05, 4.69) is 309 Å². The van der Waals surface area contributed by atoms with Gasteiger partial charge in [0.05, 0.1) is 22.4 Å². The van der Waals surface area contributed by atoms with Gasteiger partial charge in [-0.15, -0.1) is 0 Å². The number of rotatable bonds is 10. The fraction of sp³-hybridized carbons (Fsp3) is 0.100. The Morgan fingerprint density at radius 2 is 0.941 bits per heavy atom. The number of fused-ring (bicyclic) bond motifs is 10. The first kappa shape index (κ1) is 50.6. The number of anilines is 6. The number of furan rings is 1. The van der Waals surface area contributed by atoms with Gasteiger partial charge in [0.15, 0.2) is 0 Å². The molecule has 0 saturated carbocycles. The van der Waals surface area contributed by atoms with E-state index in [0.29, 0.717) is 0 Å². The van der Waals surface area contributed by atoms with Gasteiger partial charge in [-0.1, -0.05) is 228 Å². The molecule has 85 heavy (non-hydrogen) atoms. The fourth-order valence-electron chi connectivity index (χ4n) is 14.1. The molecule has 0 atom stereocenters. The van der Waals surface area contributed by atoms with Crippen LogP contribution in [-0.4, -0.2) is 11.3 Å². The van der Waals surface area contributed by atoms with Crippen molar-refractivity contribution < 1.29 is 4.42 Å². The van der Waals surface area contributed by atoms with Crippen LogP contribution in [0, 0.1) is 0 Å². The third kappa shape index (κ3) is 8.20. The van der Waals surface area contributed by atoms with Crippen LogP contribution in [-0.2, 0) is 11.8 Å². The Morgan fingerprint density at radius 3 is 1.55 bits per heavy atom. The molecule has 2 aliphatic rings. The monoisotopic (exact) mass is 1090 g/mol. The largest absolute Gasteiger partial charge is 0.456 e. The van der Waals surface area contributed by atoms with E-state index in [0.717, 1.165) is 91.9 Å². The van der Waals surface area contributed by atoms with Gasteiger partial charge < -0.3 is 18.8 Å². The molecule has 0 radical (unpaired) electrons. The predicted octanol–water partition coefficient (Wildman–Crippen LogP) is 20.1. The van der Waals surface area contributed by atoms with Gasteiger partial charge >= 0.3 is 0 Å². The maximum atomic E-state index is 7.11. The molecular formula is C80H62BN3O.